The monoisotopic (exact) mass is 488 g/mol. The molecule has 0 radical (unpaired) electrons. The zero-order valence-corrected chi connectivity index (χ0v) is 19.3. The first-order valence-electron chi connectivity index (χ1n) is 10.8. The quantitative estimate of drug-likeness (QED) is 0.398. The number of nitrogens with one attached hydrogen (secondary N) is 1. The van der Waals surface area contributed by atoms with Crippen LogP contribution in [0.3, 0.4) is 0 Å². The molecule has 0 bridgehead atoms. The van der Waals surface area contributed by atoms with Gasteiger partial charge in [0.05, 0.1) is 36.4 Å². The summed E-state index contributed by atoms with van der Waals surface area (Å²) < 4.78 is 55.1. The molecule has 0 aliphatic carbocycles. The van der Waals surface area contributed by atoms with Gasteiger partial charge < -0.3 is 5.32 Å². The van der Waals surface area contributed by atoms with Crippen molar-refractivity contribution in [2.24, 2.45) is 7.05 Å². The van der Waals surface area contributed by atoms with Gasteiger partial charge in [-0.3, -0.25) is 14.5 Å². The predicted molar refractivity (Wildman–Crippen MR) is 122 cm³/mol. The number of hydrogen-bond acceptors (Lipinski definition) is 4. The van der Waals surface area contributed by atoms with Gasteiger partial charge in [-0.2, -0.15) is 23.1 Å². The highest BCUT2D eigenvalue weighted by molar-refractivity contribution is 5.91. The summed E-state index contributed by atoms with van der Waals surface area (Å²) in [6, 6.07) is 12.1. The van der Waals surface area contributed by atoms with Gasteiger partial charge in [0.2, 0.25) is 5.91 Å². The summed E-state index contributed by atoms with van der Waals surface area (Å²) in [5.41, 5.74) is 1.41. The lowest BCUT2D eigenvalue weighted by atomic mass is 9.97. The van der Waals surface area contributed by atoms with Crippen LogP contribution in [-0.2, 0) is 31.1 Å². The van der Waals surface area contributed by atoms with Gasteiger partial charge in [-0.1, -0.05) is 24.3 Å². The molecule has 4 aromatic rings. The zero-order chi connectivity index (χ0) is 25.3. The molecule has 1 atom stereocenters. The maximum Gasteiger partial charge on any atom is 0.435 e. The Kier molecular flexibility index (Phi) is 6.51. The van der Waals surface area contributed by atoms with Crippen LogP contribution in [0.2, 0.25) is 0 Å². The van der Waals surface area contributed by atoms with Crippen molar-refractivity contribution in [3.05, 3.63) is 83.1 Å². The van der Waals surface area contributed by atoms with Crippen LogP contribution >= 0.6 is 0 Å². The third-order valence-electron chi connectivity index (χ3n) is 5.83. The van der Waals surface area contributed by atoms with Crippen molar-refractivity contribution in [3.8, 4) is 0 Å². The molecule has 35 heavy (non-hydrogen) atoms. The summed E-state index contributed by atoms with van der Waals surface area (Å²) in [4.78, 5) is 14.0. The van der Waals surface area contributed by atoms with E-state index >= 15 is 0 Å². The zero-order valence-electron chi connectivity index (χ0n) is 19.3. The number of amides is 1. The second kappa shape index (κ2) is 9.40. The van der Waals surface area contributed by atoms with Gasteiger partial charge >= 0.3 is 6.18 Å². The molecule has 0 spiro atoms. The first-order chi connectivity index (χ1) is 16.5. The molecule has 2 aromatic heterocycles. The minimum absolute atomic E-state index is 0.155. The van der Waals surface area contributed by atoms with Crippen LogP contribution in [0.5, 0.6) is 0 Å². The number of fused-ring (bicyclic) bond motifs is 1. The Morgan fingerprint density at radius 1 is 1.17 bits per heavy atom. The van der Waals surface area contributed by atoms with Gasteiger partial charge in [-0.05, 0) is 42.3 Å². The number of carbonyl (C=O) groups excluding carboxylic acids is 1. The third-order valence-corrected chi connectivity index (χ3v) is 5.83. The van der Waals surface area contributed by atoms with E-state index in [0.29, 0.717) is 5.56 Å². The van der Waals surface area contributed by atoms with Gasteiger partial charge in [0, 0.05) is 19.5 Å². The molecule has 1 N–H and O–H groups in total. The average molecular weight is 488 g/mol. The van der Waals surface area contributed by atoms with Crippen LogP contribution in [0.4, 0.5) is 17.6 Å². The molecule has 11 heteroatoms. The number of rotatable bonds is 7. The average Bonchev–Trinajstić information content (AvgIpc) is 3.42. The summed E-state index contributed by atoms with van der Waals surface area (Å²) in [6.45, 7) is 1.75. The van der Waals surface area contributed by atoms with E-state index in [4.69, 9.17) is 0 Å². The smallest absolute Gasteiger partial charge is 0.350 e. The molecule has 1 unspecified atom stereocenters. The summed E-state index contributed by atoms with van der Waals surface area (Å²) in [7, 11) is 3.37. The van der Waals surface area contributed by atoms with Gasteiger partial charge in [0.15, 0.2) is 5.69 Å². The Morgan fingerprint density at radius 3 is 2.57 bits per heavy atom. The molecule has 0 saturated carbocycles. The summed E-state index contributed by atoms with van der Waals surface area (Å²) in [5, 5.41) is 13.0. The van der Waals surface area contributed by atoms with Crippen LogP contribution in [0.15, 0.2) is 54.7 Å². The maximum absolute atomic E-state index is 13.4. The lowest BCUT2D eigenvalue weighted by molar-refractivity contribution is -0.141. The van der Waals surface area contributed by atoms with Gasteiger partial charge in [0.1, 0.15) is 5.82 Å². The van der Waals surface area contributed by atoms with Gasteiger partial charge in [-0.25, -0.2) is 4.39 Å². The van der Waals surface area contributed by atoms with E-state index in [2.05, 4.69) is 15.5 Å². The highest BCUT2D eigenvalue weighted by atomic mass is 19.4. The predicted octanol–water partition coefficient (Wildman–Crippen LogP) is 4.12. The minimum Gasteiger partial charge on any atom is -0.350 e. The second-order valence-electron chi connectivity index (χ2n) is 8.34. The molecule has 0 saturated heterocycles. The largest absolute Gasteiger partial charge is 0.435 e. The first-order valence-corrected chi connectivity index (χ1v) is 10.8. The molecular formula is C24H24F4N6O. The number of alkyl halides is 3. The minimum atomic E-state index is -4.65. The lowest BCUT2D eigenvalue weighted by Gasteiger charge is -2.22. The molecule has 0 fully saturated rings. The third kappa shape index (κ3) is 5.13. The fourth-order valence-corrected chi connectivity index (χ4v) is 3.94. The normalized spacial score (nSPS) is 12.7. The van der Waals surface area contributed by atoms with Gasteiger partial charge in [-0.15, -0.1) is 5.10 Å². The van der Waals surface area contributed by atoms with Crippen molar-refractivity contribution in [3.63, 3.8) is 0 Å². The highest BCUT2D eigenvalue weighted by Crippen LogP contribution is 2.29. The summed E-state index contributed by atoms with van der Waals surface area (Å²) in [5.74, 6) is -1.31. The molecule has 184 valence electrons. The van der Waals surface area contributed by atoms with Crippen molar-refractivity contribution < 1.29 is 22.4 Å². The number of carbonyl (C=O) groups is 1. The topological polar surface area (TPSA) is 68.0 Å². The van der Waals surface area contributed by atoms with Crippen molar-refractivity contribution in [2.75, 3.05) is 12.1 Å². The molecular weight excluding hydrogens is 464 g/mol. The van der Waals surface area contributed by atoms with Crippen molar-refractivity contribution in [1.82, 2.24) is 25.0 Å². The first kappa shape index (κ1) is 24.2. The lowest BCUT2D eigenvalue weighted by Crippen LogP contribution is -2.35. The number of nitrogens with zero attached hydrogens (tertiary/aromatic N) is 5. The van der Waals surface area contributed by atoms with E-state index in [1.807, 2.05) is 18.2 Å². The van der Waals surface area contributed by atoms with Crippen LogP contribution < -0.4 is 10.3 Å². The van der Waals surface area contributed by atoms with Crippen LogP contribution in [0, 0.1) is 5.82 Å². The van der Waals surface area contributed by atoms with E-state index in [1.165, 1.54) is 17.1 Å². The summed E-state index contributed by atoms with van der Waals surface area (Å²) in [6.07, 6.45) is -2.96. The number of aromatic nitrogens is 4. The van der Waals surface area contributed by atoms with E-state index in [9.17, 15) is 22.4 Å². The molecule has 1 amide bonds. The van der Waals surface area contributed by atoms with Gasteiger partial charge in [0.25, 0.3) is 0 Å². The van der Waals surface area contributed by atoms with Crippen molar-refractivity contribution >= 4 is 16.8 Å². The number of benzene rings is 2. The fourth-order valence-electron chi connectivity index (χ4n) is 3.94. The van der Waals surface area contributed by atoms with E-state index in [-0.39, 0.29) is 24.7 Å². The van der Waals surface area contributed by atoms with Crippen LogP contribution in [0.1, 0.15) is 35.4 Å². The second-order valence-corrected chi connectivity index (χ2v) is 8.34. The Balaban J connectivity index is 1.54. The van der Waals surface area contributed by atoms with E-state index < -0.39 is 23.6 Å². The Morgan fingerprint density at radius 2 is 1.89 bits per heavy atom. The van der Waals surface area contributed by atoms with Crippen LogP contribution in [0.25, 0.3) is 10.9 Å². The fraction of sp³-hybridized carbons (Fsp3) is 0.292. The molecule has 2 aromatic carbocycles. The Labute approximate surface area is 198 Å². The summed E-state index contributed by atoms with van der Waals surface area (Å²) >= 11 is 0. The van der Waals surface area contributed by atoms with E-state index in [1.54, 1.807) is 44.0 Å². The Bertz CT molecular complexity index is 1340. The molecule has 7 nitrogen and oxygen atoms in total. The van der Waals surface area contributed by atoms with Crippen LogP contribution in [-0.4, -0.2) is 32.6 Å². The standard InChI is InChI=1S/C24H24F4N6O/c1-15(19-5-4-6-21-20(19)13-30-33(21)3)23(35)29-12-18-11-22(24(26,27)28)31-34(18)32(2)14-16-7-9-17(25)10-8-16/h4-11,13,15H,12,14H2,1-3H3,(H,29,35). The molecule has 0 aliphatic heterocycles. The Hall–Kier alpha value is -3.89. The highest BCUT2D eigenvalue weighted by Gasteiger charge is 2.35. The molecule has 4 rings (SSSR count). The number of aryl methyl sites for hydroxylation is 1. The number of halogens is 4. The van der Waals surface area contributed by atoms with Crippen molar-refractivity contribution in [2.45, 2.75) is 32.1 Å². The SMILES string of the molecule is CC(C(=O)NCc1cc(C(F)(F)F)nn1N(C)Cc1ccc(F)cc1)c1cccc2c1cnn2C. The van der Waals surface area contributed by atoms with E-state index in [0.717, 1.165) is 27.3 Å². The maximum atomic E-state index is 13.4. The molecule has 2 heterocycles. The molecule has 0 aliphatic rings. The number of hydrogen-bond donors (Lipinski definition) is 1. The van der Waals surface area contributed by atoms with Crippen molar-refractivity contribution in [1.29, 1.82) is 0 Å².